The third kappa shape index (κ3) is 6.23. The molecule has 0 saturated carbocycles. The first kappa shape index (κ1) is 35.2. The van der Waals surface area contributed by atoms with Gasteiger partial charge in [0, 0.05) is 69.7 Å². The van der Waals surface area contributed by atoms with Crippen molar-refractivity contribution in [3.05, 3.63) is 98.7 Å². The maximum absolute atomic E-state index is 13.5. The summed E-state index contributed by atoms with van der Waals surface area (Å²) in [6.07, 6.45) is 2.67. The van der Waals surface area contributed by atoms with Crippen LogP contribution in [0.25, 0.3) is 0 Å². The average Bonchev–Trinajstić information content (AvgIpc) is 3.39. The second kappa shape index (κ2) is 13.6. The summed E-state index contributed by atoms with van der Waals surface area (Å²) in [5, 5.41) is 6.33. The molecular weight excluding hydrogens is 745 g/mol. The van der Waals surface area contributed by atoms with Crippen LogP contribution in [0.3, 0.4) is 0 Å². The number of fused-ring (bicyclic) bond motifs is 3. The van der Waals surface area contributed by atoms with E-state index in [9.17, 15) is 24.0 Å². The number of anilines is 5. The van der Waals surface area contributed by atoms with Crippen LogP contribution in [-0.2, 0) is 22.6 Å². The maximum atomic E-state index is 13.5. The molecule has 5 aliphatic rings. The third-order valence-electron chi connectivity index (χ3n) is 11.0. The fourth-order valence-corrected chi connectivity index (χ4v) is 8.78. The van der Waals surface area contributed by atoms with E-state index in [1.165, 1.54) is 22.2 Å². The molecule has 0 spiro atoms. The summed E-state index contributed by atoms with van der Waals surface area (Å²) in [6.45, 7) is 4.53. The second-order valence-corrected chi connectivity index (χ2v) is 15.4. The number of carbonyl (C=O) groups excluding carboxylic acids is 5. The minimum atomic E-state index is -0.983. The summed E-state index contributed by atoms with van der Waals surface area (Å²) in [4.78, 5) is 82.2. The molecule has 2 fully saturated rings. The number of imide groups is 2. The van der Waals surface area contributed by atoms with E-state index in [4.69, 9.17) is 28.2 Å². The zero-order valence-electron chi connectivity index (χ0n) is 29.7. The lowest BCUT2D eigenvalue weighted by Gasteiger charge is -2.44. The Hall–Kier alpha value is -5.57. The van der Waals surface area contributed by atoms with E-state index >= 15 is 0 Å². The molecule has 0 bridgehead atoms. The highest BCUT2D eigenvalue weighted by atomic mass is 35.5. The monoisotopic (exact) mass is 779 g/mol. The van der Waals surface area contributed by atoms with Gasteiger partial charge in [-0.15, -0.1) is 0 Å². The van der Waals surface area contributed by atoms with E-state index in [0.29, 0.717) is 44.5 Å². The van der Waals surface area contributed by atoms with Crippen molar-refractivity contribution in [1.29, 1.82) is 0 Å². The van der Waals surface area contributed by atoms with Crippen molar-refractivity contribution in [3.8, 4) is 0 Å². The number of benzene rings is 3. The van der Waals surface area contributed by atoms with E-state index in [-0.39, 0.29) is 31.0 Å². The van der Waals surface area contributed by atoms with Gasteiger partial charge < -0.3 is 15.1 Å². The van der Waals surface area contributed by atoms with E-state index in [2.05, 4.69) is 37.6 Å². The van der Waals surface area contributed by atoms with E-state index in [1.54, 1.807) is 30.3 Å². The van der Waals surface area contributed by atoms with E-state index in [1.807, 2.05) is 24.1 Å². The molecule has 14 nitrogen and oxygen atoms in total. The van der Waals surface area contributed by atoms with Crippen LogP contribution in [0.1, 0.15) is 55.0 Å². The van der Waals surface area contributed by atoms with Crippen molar-refractivity contribution in [3.63, 3.8) is 0 Å². The number of halogens is 2. The number of nitrogens with zero attached hydrogens (tertiary/aromatic N) is 7. The van der Waals surface area contributed by atoms with Crippen LogP contribution in [0.15, 0.2) is 60.8 Å². The third-order valence-corrected chi connectivity index (χ3v) is 11.6. The fourth-order valence-electron chi connectivity index (χ4n) is 8.18. The molecule has 0 radical (unpaired) electrons. The van der Waals surface area contributed by atoms with Gasteiger partial charge in [0.2, 0.25) is 17.8 Å². The summed E-state index contributed by atoms with van der Waals surface area (Å²) in [5.74, 6) is -0.976. The van der Waals surface area contributed by atoms with Gasteiger partial charge in [-0.25, -0.2) is 4.98 Å². The Bertz CT molecular complexity index is 2310. The molecule has 5 aliphatic heterocycles. The van der Waals surface area contributed by atoms with Gasteiger partial charge in [-0.2, -0.15) is 4.98 Å². The first-order valence-electron chi connectivity index (χ1n) is 18.1. The predicted octanol–water partition coefficient (Wildman–Crippen LogP) is 4.48. The molecule has 2 saturated heterocycles. The van der Waals surface area contributed by atoms with Crippen LogP contribution >= 0.6 is 23.2 Å². The quantitative estimate of drug-likeness (QED) is 0.256. The molecule has 55 heavy (non-hydrogen) atoms. The largest absolute Gasteiger partial charge is 0.371 e. The summed E-state index contributed by atoms with van der Waals surface area (Å²) < 4.78 is 0. The summed E-state index contributed by atoms with van der Waals surface area (Å²) in [5.41, 5.74) is 5.62. The highest BCUT2D eigenvalue weighted by Crippen LogP contribution is 2.38. The van der Waals surface area contributed by atoms with Crippen LogP contribution in [-0.4, -0.2) is 95.2 Å². The molecule has 6 heterocycles. The Morgan fingerprint density at radius 1 is 0.873 bits per heavy atom. The van der Waals surface area contributed by atoms with E-state index in [0.717, 1.165) is 55.4 Å². The number of piperidine rings is 1. The second-order valence-electron chi connectivity index (χ2n) is 14.6. The first-order valence-corrected chi connectivity index (χ1v) is 18.8. The summed E-state index contributed by atoms with van der Waals surface area (Å²) in [7, 11) is 1.85. The zero-order valence-corrected chi connectivity index (χ0v) is 31.2. The Balaban J connectivity index is 0.819. The SMILES string of the molecule is CN1CN(c2c(Cl)cccc2Cl)C(=O)c2cnc(Nc3ccc4c(c3)CN(CC3CN(c5ccc6c(c5)C(=O)N(C5CCC(=O)NC5=O)C6=O)C3)CC4)nc21. The Morgan fingerprint density at radius 3 is 2.44 bits per heavy atom. The fraction of sp³-hybridized carbons (Fsp3) is 0.308. The molecule has 9 rings (SSSR count). The number of hydrogen-bond donors (Lipinski definition) is 2. The molecule has 4 aromatic rings. The van der Waals surface area contributed by atoms with Gasteiger partial charge in [0.1, 0.15) is 17.4 Å². The van der Waals surface area contributed by atoms with Crippen molar-refractivity contribution in [2.75, 3.05) is 59.9 Å². The van der Waals surface area contributed by atoms with Crippen molar-refractivity contribution in [2.24, 2.45) is 5.92 Å². The summed E-state index contributed by atoms with van der Waals surface area (Å²) >= 11 is 12.8. The van der Waals surface area contributed by atoms with Crippen molar-refractivity contribution in [1.82, 2.24) is 25.1 Å². The standard InChI is InChI=1S/C39H35Cl2N9O5/c1-46-20-49(33-29(40)3-2-4-30(33)41)36(53)28-15-42-39(45-34(28)46)43-24-6-5-22-11-12-47(19-23(22)13-24)16-21-17-48(18-21)25-7-8-26-27(14-25)38(55)50(37(26)54)31-9-10-32(51)44-35(31)52/h2-8,13-15,21,31H,9-12,16-20H2,1H3,(H,42,43,45)(H,44,51,52). The number of carbonyl (C=O) groups is 5. The topological polar surface area (TPSA) is 151 Å². The first-order chi connectivity index (χ1) is 26.5. The normalized spacial score (nSPS) is 20.0. The predicted molar refractivity (Wildman–Crippen MR) is 206 cm³/mol. The van der Waals surface area contributed by atoms with Crippen molar-refractivity contribution in [2.45, 2.75) is 31.8 Å². The van der Waals surface area contributed by atoms with Crippen molar-refractivity contribution < 1.29 is 24.0 Å². The molecular formula is C39H35Cl2N9O5. The highest BCUT2D eigenvalue weighted by molar-refractivity contribution is 6.40. The molecule has 5 amide bonds. The average molecular weight is 781 g/mol. The summed E-state index contributed by atoms with van der Waals surface area (Å²) in [6, 6.07) is 15.7. The number of aromatic nitrogens is 2. The van der Waals surface area contributed by atoms with E-state index < -0.39 is 29.7 Å². The van der Waals surface area contributed by atoms with Crippen LogP contribution in [0.2, 0.25) is 10.0 Å². The van der Waals surface area contributed by atoms with Crippen molar-refractivity contribution >= 4 is 81.6 Å². The minimum absolute atomic E-state index is 0.0835. The van der Waals surface area contributed by atoms with Crippen LogP contribution in [0.4, 0.5) is 28.8 Å². The van der Waals surface area contributed by atoms with Gasteiger partial charge in [0.15, 0.2) is 0 Å². The maximum Gasteiger partial charge on any atom is 0.265 e. The molecule has 1 atom stereocenters. The van der Waals surface area contributed by atoms with Gasteiger partial charge in [-0.3, -0.25) is 44.0 Å². The molecule has 3 aromatic carbocycles. The molecule has 280 valence electrons. The van der Waals surface area contributed by atoms with Gasteiger partial charge in [0.25, 0.3) is 17.7 Å². The van der Waals surface area contributed by atoms with Gasteiger partial charge in [-0.05, 0) is 66.4 Å². The number of rotatable bonds is 7. The Labute approximate surface area is 326 Å². The van der Waals surface area contributed by atoms with Gasteiger partial charge in [-0.1, -0.05) is 35.3 Å². The van der Waals surface area contributed by atoms with Crippen LogP contribution in [0.5, 0.6) is 0 Å². The van der Waals surface area contributed by atoms with Gasteiger partial charge >= 0.3 is 0 Å². The lowest BCUT2D eigenvalue weighted by atomic mass is 9.94. The number of hydrogen-bond acceptors (Lipinski definition) is 11. The zero-order chi connectivity index (χ0) is 38.1. The Morgan fingerprint density at radius 2 is 1.65 bits per heavy atom. The molecule has 16 heteroatoms. The Kier molecular flexibility index (Phi) is 8.71. The lowest BCUT2D eigenvalue weighted by molar-refractivity contribution is -0.136. The highest BCUT2D eigenvalue weighted by Gasteiger charge is 2.45. The molecule has 0 aliphatic carbocycles. The number of nitrogens with one attached hydrogen (secondary N) is 2. The molecule has 1 unspecified atom stereocenters. The van der Waals surface area contributed by atoms with Gasteiger partial charge in [0.05, 0.1) is 33.5 Å². The lowest BCUT2D eigenvalue weighted by Crippen LogP contribution is -2.54. The number of amides is 5. The molecule has 2 N–H and O–H groups in total. The smallest absolute Gasteiger partial charge is 0.265 e. The van der Waals surface area contributed by atoms with Crippen LogP contribution in [0, 0.1) is 5.92 Å². The minimum Gasteiger partial charge on any atom is -0.371 e. The number of para-hydroxylation sites is 1. The van der Waals surface area contributed by atoms with Crippen LogP contribution < -0.4 is 25.3 Å². The molecule has 1 aromatic heterocycles.